The number of para-hydroxylation sites is 1. The van der Waals surface area contributed by atoms with E-state index < -0.39 is 0 Å². The van der Waals surface area contributed by atoms with Crippen molar-refractivity contribution < 1.29 is 14.3 Å². The molecule has 0 atom stereocenters. The lowest BCUT2D eigenvalue weighted by molar-refractivity contribution is 0.0958. The number of ether oxygens (including phenoxy) is 2. The topological polar surface area (TPSA) is 47.6 Å². The maximum atomic E-state index is 12.1. The molecule has 0 saturated heterocycles. The van der Waals surface area contributed by atoms with Gasteiger partial charge in [0.15, 0.2) is 0 Å². The van der Waals surface area contributed by atoms with E-state index in [1.54, 1.807) is 12.1 Å². The maximum absolute atomic E-state index is 12.1. The van der Waals surface area contributed by atoms with Gasteiger partial charge in [0.2, 0.25) is 0 Å². The second kappa shape index (κ2) is 12.2. The third-order valence-electron chi connectivity index (χ3n) is 3.98. The van der Waals surface area contributed by atoms with Crippen molar-refractivity contribution in [2.75, 3.05) is 19.8 Å². The summed E-state index contributed by atoms with van der Waals surface area (Å²) in [6.07, 6.45) is 4.70. The van der Waals surface area contributed by atoms with Crippen molar-refractivity contribution >= 4 is 5.91 Å². The standard InChI is InChI=1S/C24H27NO3/c1-3-5-18-27-22-15-13-21(14-16-22)24(26)25-17-8-9-19-28-23-12-7-6-11-20(23)10-4-2/h4,6-7,11-16H,2-3,5,10,17-19H2,1H3,(H,25,26). The molecule has 0 saturated carbocycles. The van der Waals surface area contributed by atoms with Gasteiger partial charge in [0.25, 0.3) is 5.91 Å². The maximum Gasteiger partial charge on any atom is 0.252 e. The summed E-state index contributed by atoms with van der Waals surface area (Å²) in [4.78, 5) is 12.1. The lowest BCUT2D eigenvalue weighted by atomic mass is 10.1. The highest BCUT2D eigenvalue weighted by atomic mass is 16.5. The Morgan fingerprint density at radius 3 is 2.64 bits per heavy atom. The highest BCUT2D eigenvalue weighted by Crippen LogP contribution is 2.18. The van der Waals surface area contributed by atoms with Gasteiger partial charge in [0, 0.05) is 5.56 Å². The molecule has 0 aliphatic heterocycles. The average molecular weight is 377 g/mol. The Balaban J connectivity index is 1.73. The summed E-state index contributed by atoms with van der Waals surface area (Å²) < 4.78 is 11.3. The first-order valence-electron chi connectivity index (χ1n) is 9.53. The zero-order valence-electron chi connectivity index (χ0n) is 16.4. The van der Waals surface area contributed by atoms with Crippen LogP contribution in [0.1, 0.15) is 35.7 Å². The van der Waals surface area contributed by atoms with Gasteiger partial charge in [-0.15, -0.1) is 6.58 Å². The van der Waals surface area contributed by atoms with E-state index >= 15 is 0 Å². The molecule has 0 radical (unpaired) electrons. The number of carbonyl (C=O) groups excluding carboxylic acids is 1. The van der Waals surface area contributed by atoms with Crippen LogP contribution in [0.25, 0.3) is 0 Å². The molecule has 1 N–H and O–H groups in total. The molecule has 1 amide bonds. The van der Waals surface area contributed by atoms with E-state index in [0.717, 1.165) is 36.3 Å². The number of carbonyl (C=O) groups is 1. The van der Waals surface area contributed by atoms with Crippen molar-refractivity contribution in [3.8, 4) is 23.3 Å². The van der Waals surface area contributed by atoms with Gasteiger partial charge in [0.05, 0.1) is 13.2 Å². The van der Waals surface area contributed by atoms with Crippen LogP contribution < -0.4 is 14.8 Å². The SMILES string of the molecule is C=CCc1ccccc1OCC#CCNC(=O)c1ccc(OCCCC)cc1. The zero-order chi connectivity index (χ0) is 20.0. The number of nitrogens with one attached hydrogen (secondary N) is 1. The molecule has 0 aromatic heterocycles. The second-order valence-electron chi connectivity index (χ2n) is 6.15. The molecule has 0 aliphatic carbocycles. The van der Waals surface area contributed by atoms with Gasteiger partial charge in [0.1, 0.15) is 18.1 Å². The number of rotatable bonds is 10. The highest BCUT2D eigenvalue weighted by Gasteiger charge is 2.04. The molecule has 0 fully saturated rings. The van der Waals surface area contributed by atoms with Crippen LogP contribution in [0.5, 0.6) is 11.5 Å². The number of allylic oxidation sites excluding steroid dienone is 1. The fraction of sp³-hybridized carbons (Fsp3) is 0.292. The minimum atomic E-state index is -0.161. The fourth-order valence-electron chi connectivity index (χ4n) is 2.46. The van der Waals surface area contributed by atoms with Crippen molar-refractivity contribution in [1.29, 1.82) is 0 Å². The summed E-state index contributed by atoms with van der Waals surface area (Å²) in [5, 5.41) is 2.78. The molecule has 0 bridgehead atoms. The molecule has 0 spiro atoms. The van der Waals surface area contributed by atoms with Crippen molar-refractivity contribution in [2.24, 2.45) is 0 Å². The first kappa shape index (κ1) is 21.1. The van der Waals surface area contributed by atoms with Gasteiger partial charge in [-0.1, -0.05) is 49.5 Å². The summed E-state index contributed by atoms with van der Waals surface area (Å²) in [6, 6.07) is 14.9. The Bertz CT molecular complexity index is 816. The van der Waals surface area contributed by atoms with Gasteiger partial charge < -0.3 is 14.8 Å². The van der Waals surface area contributed by atoms with Gasteiger partial charge in [-0.25, -0.2) is 0 Å². The summed E-state index contributed by atoms with van der Waals surface area (Å²) in [5.74, 6) is 7.24. The zero-order valence-corrected chi connectivity index (χ0v) is 16.4. The van der Waals surface area contributed by atoms with E-state index in [0.29, 0.717) is 12.2 Å². The van der Waals surface area contributed by atoms with Crippen LogP contribution in [0.15, 0.2) is 61.2 Å². The third kappa shape index (κ3) is 7.20. The summed E-state index contributed by atoms with van der Waals surface area (Å²) in [6.45, 7) is 7.10. The van der Waals surface area contributed by atoms with Crippen LogP contribution >= 0.6 is 0 Å². The summed E-state index contributed by atoms with van der Waals surface area (Å²) in [5.41, 5.74) is 1.66. The number of amides is 1. The quantitative estimate of drug-likeness (QED) is 0.379. The van der Waals surface area contributed by atoms with Crippen LogP contribution in [-0.4, -0.2) is 25.7 Å². The molecule has 0 heterocycles. The number of unbranched alkanes of at least 4 members (excludes halogenated alkanes) is 1. The fourth-order valence-corrected chi connectivity index (χ4v) is 2.46. The smallest absolute Gasteiger partial charge is 0.252 e. The first-order chi connectivity index (χ1) is 13.7. The Hall–Kier alpha value is -3.19. The monoisotopic (exact) mass is 377 g/mol. The van der Waals surface area contributed by atoms with Crippen LogP contribution in [0.3, 0.4) is 0 Å². The highest BCUT2D eigenvalue weighted by molar-refractivity contribution is 5.94. The largest absolute Gasteiger partial charge is 0.494 e. The molecule has 2 aromatic carbocycles. The van der Waals surface area contributed by atoms with Crippen molar-refractivity contribution in [2.45, 2.75) is 26.2 Å². The molecule has 2 rings (SSSR count). The van der Waals surface area contributed by atoms with E-state index in [-0.39, 0.29) is 19.1 Å². The molecule has 146 valence electrons. The van der Waals surface area contributed by atoms with E-state index in [1.807, 2.05) is 42.5 Å². The lowest BCUT2D eigenvalue weighted by Crippen LogP contribution is -2.23. The Labute approximate surface area is 167 Å². The predicted octanol–water partition coefficient (Wildman–Crippen LogP) is 4.41. The minimum Gasteiger partial charge on any atom is -0.494 e. The molecule has 2 aromatic rings. The lowest BCUT2D eigenvalue weighted by Gasteiger charge is -2.07. The molecule has 0 aliphatic rings. The van der Waals surface area contributed by atoms with Crippen LogP contribution in [0.2, 0.25) is 0 Å². The number of hydrogen-bond acceptors (Lipinski definition) is 3. The van der Waals surface area contributed by atoms with Crippen LogP contribution in [0.4, 0.5) is 0 Å². The first-order valence-corrected chi connectivity index (χ1v) is 9.53. The average Bonchev–Trinajstić information content (AvgIpc) is 2.72. The van der Waals surface area contributed by atoms with Crippen molar-refractivity contribution in [3.05, 3.63) is 72.3 Å². The molecule has 0 unspecified atom stereocenters. The number of benzene rings is 2. The van der Waals surface area contributed by atoms with Crippen LogP contribution in [-0.2, 0) is 6.42 Å². The van der Waals surface area contributed by atoms with E-state index in [4.69, 9.17) is 9.47 Å². The van der Waals surface area contributed by atoms with Crippen molar-refractivity contribution in [1.82, 2.24) is 5.32 Å². The van der Waals surface area contributed by atoms with Gasteiger partial charge in [-0.05, 0) is 48.7 Å². The Kier molecular flexibility index (Phi) is 9.23. The van der Waals surface area contributed by atoms with E-state index in [9.17, 15) is 4.79 Å². The van der Waals surface area contributed by atoms with Crippen molar-refractivity contribution in [3.63, 3.8) is 0 Å². The van der Waals surface area contributed by atoms with Gasteiger partial charge >= 0.3 is 0 Å². The van der Waals surface area contributed by atoms with Gasteiger partial charge in [-0.3, -0.25) is 4.79 Å². The Morgan fingerprint density at radius 1 is 1.11 bits per heavy atom. The third-order valence-corrected chi connectivity index (χ3v) is 3.98. The summed E-state index contributed by atoms with van der Waals surface area (Å²) >= 11 is 0. The minimum absolute atomic E-state index is 0.161. The molecule has 4 heteroatoms. The van der Waals surface area contributed by atoms with E-state index in [1.165, 1.54) is 0 Å². The van der Waals surface area contributed by atoms with Crippen LogP contribution in [0, 0.1) is 11.8 Å². The summed E-state index contributed by atoms with van der Waals surface area (Å²) in [7, 11) is 0. The van der Waals surface area contributed by atoms with E-state index in [2.05, 4.69) is 30.7 Å². The Morgan fingerprint density at radius 2 is 1.89 bits per heavy atom. The second-order valence-corrected chi connectivity index (χ2v) is 6.15. The molecular formula is C24H27NO3. The normalized spacial score (nSPS) is 9.75. The molecule has 4 nitrogen and oxygen atoms in total. The van der Waals surface area contributed by atoms with Gasteiger partial charge in [-0.2, -0.15) is 0 Å². The molecule has 28 heavy (non-hydrogen) atoms. The molecular weight excluding hydrogens is 350 g/mol. The predicted molar refractivity (Wildman–Crippen MR) is 113 cm³/mol. The number of hydrogen-bond donors (Lipinski definition) is 1.